The number of hydrogen-bond acceptors (Lipinski definition) is 2. The molecule has 1 saturated carbocycles. The fourth-order valence-electron chi connectivity index (χ4n) is 2.14. The van der Waals surface area contributed by atoms with Gasteiger partial charge in [0, 0.05) is 13.3 Å². The number of carbonyl (C=O) groups is 1. The third-order valence-corrected chi connectivity index (χ3v) is 2.73. The van der Waals surface area contributed by atoms with Crippen molar-refractivity contribution in [2.24, 2.45) is 0 Å². The molecule has 0 heterocycles. The molecule has 0 aromatic carbocycles. The normalized spacial score (nSPS) is 28.9. The molecular weight excluding hydrogens is 166 g/mol. The maximum absolute atomic E-state index is 10.8. The first-order chi connectivity index (χ1) is 5.91. The third kappa shape index (κ3) is 2.69. The van der Waals surface area contributed by atoms with Crippen molar-refractivity contribution < 1.29 is 14.0 Å². The highest BCUT2D eigenvalue weighted by Gasteiger charge is 2.38. The van der Waals surface area contributed by atoms with Gasteiger partial charge in [-0.1, -0.05) is 0 Å². The molecule has 1 aliphatic rings. The summed E-state index contributed by atoms with van der Waals surface area (Å²) in [5, 5.41) is 0. The third-order valence-electron chi connectivity index (χ3n) is 2.73. The number of likely N-dealkylation sites (N-methyl/N-ethyl adjacent to an activating group) is 1. The highest BCUT2D eigenvalue weighted by atomic mass is 16.5. The molecule has 0 saturated heterocycles. The summed E-state index contributed by atoms with van der Waals surface area (Å²) >= 11 is 0. The Balaban J connectivity index is 2.59. The van der Waals surface area contributed by atoms with Crippen LogP contribution in [0, 0.1) is 0 Å². The zero-order valence-electron chi connectivity index (χ0n) is 9.04. The molecule has 0 bridgehead atoms. The lowest BCUT2D eigenvalue weighted by atomic mass is 10.1. The molecule has 0 aromatic rings. The second kappa shape index (κ2) is 3.66. The van der Waals surface area contributed by atoms with Crippen LogP contribution < -0.4 is 0 Å². The quantitative estimate of drug-likeness (QED) is 0.478. The van der Waals surface area contributed by atoms with Crippen LogP contribution in [0.1, 0.15) is 26.2 Å². The molecule has 1 rings (SSSR count). The number of nitrogens with zero attached hydrogens (tertiary/aromatic N) is 1. The maximum Gasteiger partial charge on any atom is 0.303 e. The highest BCUT2D eigenvalue weighted by molar-refractivity contribution is 5.66. The summed E-state index contributed by atoms with van der Waals surface area (Å²) in [7, 11) is 6.48. The molecule has 2 atom stereocenters. The minimum Gasteiger partial charge on any atom is -0.456 e. The van der Waals surface area contributed by atoms with Gasteiger partial charge >= 0.3 is 5.97 Å². The lowest BCUT2D eigenvalue weighted by molar-refractivity contribution is -0.898. The monoisotopic (exact) mass is 186 g/mol. The van der Waals surface area contributed by atoms with Gasteiger partial charge in [0.25, 0.3) is 0 Å². The summed E-state index contributed by atoms with van der Waals surface area (Å²) in [4.78, 5) is 10.8. The van der Waals surface area contributed by atoms with E-state index in [0.29, 0.717) is 6.04 Å². The maximum atomic E-state index is 10.8. The first-order valence-corrected chi connectivity index (χ1v) is 4.89. The molecule has 0 unspecified atom stereocenters. The van der Waals surface area contributed by atoms with Crippen molar-refractivity contribution in [3.8, 4) is 0 Å². The van der Waals surface area contributed by atoms with E-state index in [4.69, 9.17) is 4.74 Å². The topological polar surface area (TPSA) is 26.3 Å². The standard InChI is InChI=1S/C10H20NO2/c1-8(12)13-10-7-5-6-9(10)11(2,3)4/h9-10H,5-7H2,1-4H3/q+1/t9-,10-/m0/s1. The van der Waals surface area contributed by atoms with Crippen molar-refractivity contribution in [1.29, 1.82) is 0 Å². The van der Waals surface area contributed by atoms with Crippen LogP contribution in [0.25, 0.3) is 0 Å². The summed E-state index contributed by atoms with van der Waals surface area (Å²) < 4.78 is 6.18. The van der Waals surface area contributed by atoms with Crippen LogP contribution >= 0.6 is 0 Å². The van der Waals surface area contributed by atoms with E-state index in [2.05, 4.69) is 21.1 Å². The average Bonchev–Trinajstić information content (AvgIpc) is 2.31. The van der Waals surface area contributed by atoms with E-state index in [-0.39, 0.29) is 12.1 Å². The van der Waals surface area contributed by atoms with Crippen molar-refractivity contribution in [1.82, 2.24) is 0 Å². The van der Waals surface area contributed by atoms with E-state index in [0.717, 1.165) is 10.9 Å². The minimum atomic E-state index is -0.148. The Morgan fingerprint density at radius 3 is 2.38 bits per heavy atom. The van der Waals surface area contributed by atoms with Crippen LogP contribution in [0.15, 0.2) is 0 Å². The fraction of sp³-hybridized carbons (Fsp3) is 0.900. The lowest BCUT2D eigenvalue weighted by Gasteiger charge is -2.34. The minimum absolute atomic E-state index is 0.137. The van der Waals surface area contributed by atoms with Gasteiger partial charge in [0.2, 0.25) is 0 Å². The number of quaternary nitrogens is 1. The Morgan fingerprint density at radius 1 is 1.31 bits per heavy atom. The Morgan fingerprint density at radius 2 is 1.92 bits per heavy atom. The molecule has 0 radical (unpaired) electrons. The van der Waals surface area contributed by atoms with E-state index in [1.165, 1.54) is 19.8 Å². The summed E-state index contributed by atoms with van der Waals surface area (Å²) in [5.41, 5.74) is 0. The highest BCUT2D eigenvalue weighted by Crippen LogP contribution is 2.28. The molecule has 0 amide bonds. The molecule has 3 heteroatoms. The van der Waals surface area contributed by atoms with Crippen LogP contribution in [-0.4, -0.2) is 43.7 Å². The van der Waals surface area contributed by atoms with E-state index >= 15 is 0 Å². The lowest BCUT2D eigenvalue weighted by Crippen LogP contribution is -2.50. The molecule has 76 valence electrons. The van der Waals surface area contributed by atoms with Crippen LogP contribution in [0.4, 0.5) is 0 Å². The van der Waals surface area contributed by atoms with Crippen LogP contribution in [0.5, 0.6) is 0 Å². The average molecular weight is 186 g/mol. The SMILES string of the molecule is CC(=O)O[C@H]1CCC[C@@H]1[N+](C)(C)C. The molecule has 0 N–H and O–H groups in total. The first kappa shape index (κ1) is 10.5. The van der Waals surface area contributed by atoms with Gasteiger partial charge in [-0.25, -0.2) is 0 Å². The van der Waals surface area contributed by atoms with Crippen LogP contribution in [0.3, 0.4) is 0 Å². The smallest absolute Gasteiger partial charge is 0.303 e. The van der Waals surface area contributed by atoms with Crippen molar-refractivity contribution in [3.63, 3.8) is 0 Å². The largest absolute Gasteiger partial charge is 0.456 e. The van der Waals surface area contributed by atoms with Gasteiger partial charge in [0.1, 0.15) is 6.04 Å². The first-order valence-electron chi connectivity index (χ1n) is 4.89. The van der Waals surface area contributed by atoms with E-state index in [9.17, 15) is 4.79 Å². The number of ether oxygens (including phenoxy) is 1. The molecular formula is C10H20NO2+. The summed E-state index contributed by atoms with van der Waals surface area (Å²) in [5.74, 6) is -0.148. The summed E-state index contributed by atoms with van der Waals surface area (Å²) in [6, 6.07) is 0.476. The van der Waals surface area contributed by atoms with E-state index in [1.807, 2.05) is 0 Å². The summed E-state index contributed by atoms with van der Waals surface area (Å²) in [6.45, 7) is 1.49. The van der Waals surface area contributed by atoms with Crippen LogP contribution in [-0.2, 0) is 9.53 Å². The van der Waals surface area contributed by atoms with E-state index < -0.39 is 0 Å². The molecule has 13 heavy (non-hydrogen) atoms. The number of rotatable bonds is 2. The van der Waals surface area contributed by atoms with Gasteiger partial charge in [0.05, 0.1) is 21.1 Å². The predicted octanol–water partition coefficient (Wildman–Crippen LogP) is 1.18. The Labute approximate surface area is 80.3 Å². The van der Waals surface area contributed by atoms with Gasteiger partial charge in [-0.2, -0.15) is 0 Å². The molecule has 0 spiro atoms. The summed E-state index contributed by atoms with van der Waals surface area (Å²) in [6.07, 6.45) is 3.51. The van der Waals surface area contributed by atoms with Crippen molar-refractivity contribution >= 4 is 5.97 Å². The zero-order chi connectivity index (χ0) is 10.1. The van der Waals surface area contributed by atoms with Crippen molar-refractivity contribution in [2.75, 3.05) is 21.1 Å². The number of esters is 1. The van der Waals surface area contributed by atoms with Crippen molar-refractivity contribution in [2.45, 2.75) is 38.3 Å². The molecule has 1 fully saturated rings. The Bertz CT molecular complexity index is 196. The van der Waals surface area contributed by atoms with Crippen molar-refractivity contribution in [3.05, 3.63) is 0 Å². The van der Waals surface area contributed by atoms with Gasteiger partial charge in [0.15, 0.2) is 6.10 Å². The molecule has 0 aliphatic heterocycles. The fourth-order valence-corrected chi connectivity index (χ4v) is 2.14. The number of carbonyl (C=O) groups excluding carboxylic acids is 1. The van der Waals surface area contributed by atoms with E-state index in [1.54, 1.807) is 0 Å². The Hall–Kier alpha value is -0.570. The second-order valence-electron chi connectivity index (χ2n) is 4.76. The molecule has 0 aromatic heterocycles. The Kier molecular flexibility index (Phi) is 2.96. The second-order valence-corrected chi connectivity index (χ2v) is 4.76. The number of hydrogen-bond donors (Lipinski definition) is 0. The van der Waals surface area contributed by atoms with Gasteiger partial charge in [-0.3, -0.25) is 4.79 Å². The van der Waals surface area contributed by atoms with Gasteiger partial charge < -0.3 is 9.22 Å². The molecule has 1 aliphatic carbocycles. The molecule has 3 nitrogen and oxygen atoms in total. The van der Waals surface area contributed by atoms with Gasteiger partial charge in [-0.15, -0.1) is 0 Å². The zero-order valence-corrected chi connectivity index (χ0v) is 9.04. The van der Waals surface area contributed by atoms with Crippen LogP contribution in [0.2, 0.25) is 0 Å². The predicted molar refractivity (Wildman–Crippen MR) is 51.2 cm³/mol. The van der Waals surface area contributed by atoms with Gasteiger partial charge in [-0.05, 0) is 12.8 Å².